The van der Waals surface area contributed by atoms with Gasteiger partial charge in [0.15, 0.2) is 5.78 Å². The van der Waals surface area contributed by atoms with Gasteiger partial charge in [0.1, 0.15) is 0 Å². The minimum absolute atomic E-state index is 0.260. The van der Waals surface area contributed by atoms with Crippen molar-refractivity contribution in [1.82, 2.24) is 0 Å². The zero-order valence-corrected chi connectivity index (χ0v) is 11.8. The lowest BCUT2D eigenvalue weighted by Crippen LogP contribution is -1.92. The first-order valence-corrected chi connectivity index (χ1v) is 7.01. The van der Waals surface area contributed by atoms with Gasteiger partial charge in [-0.05, 0) is 26.3 Å². The molecular formula is C16H28O. The molecule has 17 heavy (non-hydrogen) atoms. The van der Waals surface area contributed by atoms with Crippen LogP contribution in [0.2, 0.25) is 0 Å². The largest absolute Gasteiger partial charge is 0.295 e. The number of allylic oxidation sites excluding steroid dienone is 4. The highest BCUT2D eigenvalue weighted by molar-refractivity contribution is 5.89. The van der Waals surface area contributed by atoms with Crippen LogP contribution in [0.4, 0.5) is 0 Å². The third-order valence-corrected chi connectivity index (χ3v) is 2.74. The summed E-state index contributed by atoms with van der Waals surface area (Å²) in [5.74, 6) is 0.260. The molecule has 0 amide bonds. The molecule has 0 unspecified atom stereocenters. The number of carbonyl (C=O) groups excluding carboxylic acids is 1. The summed E-state index contributed by atoms with van der Waals surface area (Å²) in [6.07, 6.45) is 15.1. The number of unbranched alkanes of at least 4 members (excludes halogenated alkanes) is 6. The van der Waals surface area contributed by atoms with E-state index in [1.54, 1.807) is 6.08 Å². The van der Waals surface area contributed by atoms with Gasteiger partial charge in [-0.3, -0.25) is 4.79 Å². The van der Waals surface area contributed by atoms with Crippen LogP contribution in [-0.2, 0) is 4.79 Å². The Morgan fingerprint density at radius 1 is 0.941 bits per heavy atom. The molecule has 0 heterocycles. The molecular weight excluding hydrogens is 208 g/mol. The Balaban J connectivity index is 3.39. The summed E-state index contributed by atoms with van der Waals surface area (Å²) in [4.78, 5) is 11.4. The van der Waals surface area contributed by atoms with Gasteiger partial charge in [0.25, 0.3) is 0 Å². The van der Waals surface area contributed by atoms with Crippen LogP contribution < -0.4 is 0 Å². The molecule has 1 nitrogen and oxygen atoms in total. The minimum Gasteiger partial charge on any atom is -0.295 e. The maximum absolute atomic E-state index is 11.4. The smallest absolute Gasteiger partial charge is 0.155 e. The van der Waals surface area contributed by atoms with Gasteiger partial charge in [0, 0.05) is 6.42 Å². The van der Waals surface area contributed by atoms with Crippen LogP contribution >= 0.6 is 0 Å². The minimum atomic E-state index is 0.260. The van der Waals surface area contributed by atoms with E-state index < -0.39 is 0 Å². The summed E-state index contributed by atoms with van der Waals surface area (Å²) in [7, 11) is 0. The van der Waals surface area contributed by atoms with Gasteiger partial charge in [-0.15, -0.1) is 0 Å². The molecule has 0 atom stereocenters. The van der Waals surface area contributed by atoms with Crippen LogP contribution in [0.3, 0.4) is 0 Å². The molecule has 0 aliphatic heterocycles. The van der Waals surface area contributed by atoms with Crippen LogP contribution in [0.5, 0.6) is 0 Å². The zero-order valence-electron chi connectivity index (χ0n) is 11.8. The van der Waals surface area contributed by atoms with Crippen molar-refractivity contribution >= 4 is 5.78 Å². The first-order chi connectivity index (χ1) is 8.16. The standard InChI is InChI=1S/C16H28O/c1-4-5-6-7-8-9-10-13-16(17)14-11-12-15(2)3/h11-12,14H,4-10,13H2,1-3H3/b14-11+. The van der Waals surface area contributed by atoms with E-state index in [1.165, 1.54) is 44.1 Å². The molecule has 0 aliphatic rings. The number of carbonyl (C=O) groups is 1. The number of hydrogen-bond acceptors (Lipinski definition) is 1. The molecule has 0 aromatic rings. The number of ketones is 1. The molecule has 0 bridgehead atoms. The van der Waals surface area contributed by atoms with E-state index in [0.29, 0.717) is 6.42 Å². The predicted octanol–water partition coefficient (Wildman–Crippen LogP) is 5.22. The lowest BCUT2D eigenvalue weighted by atomic mass is 10.1. The number of hydrogen-bond donors (Lipinski definition) is 0. The Morgan fingerprint density at radius 3 is 2.12 bits per heavy atom. The summed E-state index contributed by atoms with van der Waals surface area (Å²) in [5, 5.41) is 0. The van der Waals surface area contributed by atoms with Crippen molar-refractivity contribution in [2.24, 2.45) is 0 Å². The molecule has 0 saturated heterocycles. The molecule has 0 spiro atoms. The fourth-order valence-electron chi connectivity index (χ4n) is 1.69. The van der Waals surface area contributed by atoms with Crippen LogP contribution in [0.25, 0.3) is 0 Å². The molecule has 0 rings (SSSR count). The van der Waals surface area contributed by atoms with Gasteiger partial charge in [-0.1, -0.05) is 63.2 Å². The van der Waals surface area contributed by atoms with Crippen molar-refractivity contribution in [3.63, 3.8) is 0 Å². The number of rotatable bonds is 10. The maximum atomic E-state index is 11.4. The van der Waals surface area contributed by atoms with E-state index in [-0.39, 0.29) is 5.78 Å². The lowest BCUT2D eigenvalue weighted by Gasteiger charge is -1.99. The van der Waals surface area contributed by atoms with Gasteiger partial charge >= 0.3 is 0 Å². The third kappa shape index (κ3) is 13.1. The van der Waals surface area contributed by atoms with Gasteiger partial charge in [0.2, 0.25) is 0 Å². The van der Waals surface area contributed by atoms with Gasteiger partial charge in [0.05, 0.1) is 0 Å². The van der Waals surface area contributed by atoms with Crippen molar-refractivity contribution < 1.29 is 4.79 Å². The SMILES string of the molecule is CCCCCCCCCC(=O)/C=C/C=C(C)C. The third-order valence-electron chi connectivity index (χ3n) is 2.74. The first-order valence-electron chi connectivity index (χ1n) is 7.01. The Morgan fingerprint density at radius 2 is 1.53 bits per heavy atom. The fraction of sp³-hybridized carbons (Fsp3) is 0.688. The van der Waals surface area contributed by atoms with Crippen LogP contribution in [0.15, 0.2) is 23.8 Å². The molecule has 0 fully saturated rings. The average molecular weight is 236 g/mol. The summed E-state index contributed by atoms with van der Waals surface area (Å²) < 4.78 is 0. The van der Waals surface area contributed by atoms with E-state index in [9.17, 15) is 4.79 Å². The predicted molar refractivity (Wildman–Crippen MR) is 76.2 cm³/mol. The first kappa shape index (κ1) is 16.1. The van der Waals surface area contributed by atoms with E-state index in [0.717, 1.165) is 6.42 Å². The van der Waals surface area contributed by atoms with Crippen LogP contribution in [0, 0.1) is 0 Å². The van der Waals surface area contributed by atoms with Crippen molar-refractivity contribution in [2.75, 3.05) is 0 Å². The monoisotopic (exact) mass is 236 g/mol. The summed E-state index contributed by atoms with van der Waals surface area (Å²) in [6.45, 7) is 6.30. The lowest BCUT2D eigenvalue weighted by molar-refractivity contribution is -0.114. The molecule has 0 saturated carbocycles. The summed E-state index contributed by atoms with van der Waals surface area (Å²) in [6, 6.07) is 0. The highest BCUT2D eigenvalue weighted by Gasteiger charge is 1.96. The Labute approximate surface area is 107 Å². The maximum Gasteiger partial charge on any atom is 0.155 e. The molecule has 0 radical (unpaired) electrons. The van der Waals surface area contributed by atoms with E-state index >= 15 is 0 Å². The molecule has 0 aromatic heterocycles. The van der Waals surface area contributed by atoms with E-state index in [1.807, 2.05) is 26.0 Å². The molecule has 0 N–H and O–H groups in total. The van der Waals surface area contributed by atoms with Crippen molar-refractivity contribution in [2.45, 2.75) is 72.1 Å². The van der Waals surface area contributed by atoms with Gasteiger partial charge in [-0.25, -0.2) is 0 Å². The summed E-state index contributed by atoms with van der Waals surface area (Å²) >= 11 is 0. The van der Waals surface area contributed by atoms with Crippen molar-refractivity contribution in [3.05, 3.63) is 23.8 Å². The highest BCUT2D eigenvalue weighted by Crippen LogP contribution is 2.08. The van der Waals surface area contributed by atoms with Crippen molar-refractivity contribution in [3.8, 4) is 0 Å². The molecule has 0 aliphatic carbocycles. The fourth-order valence-corrected chi connectivity index (χ4v) is 1.69. The van der Waals surface area contributed by atoms with Crippen LogP contribution in [0.1, 0.15) is 72.1 Å². The Hall–Kier alpha value is -0.850. The quantitative estimate of drug-likeness (QED) is 0.289. The zero-order chi connectivity index (χ0) is 12.9. The topological polar surface area (TPSA) is 17.1 Å². The van der Waals surface area contributed by atoms with Crippen LogP contribution in [-0.4, -0.2) is 5.78 Å². The Bertz CT molecular complexity index is 244. The van der Waals surface area contributed by atoms with E-state index in [4.69, 9.17) is 0 Å². The summed E-state index contributed by atoms with van der Waals surface area (Å²) in [5.41, 5.74) is 1.23. The van der Waals surface area contributed by atoms with Gasteiger partial charge < -0.3 is 0 Å². The molecule has 0 aromatic carbocycles. The van der Waals surface area contributed by atoms with Gasteiger partial charge in [-0.2, -0.15) is 0 Å². The second-order valence-electron chi connectivity index (χ2n) is 4.94. The van der Waals surface area contributed by atoms with E-state index in [2.05, 4.69) is 6.92 Å². The second-order valence-corrected chi connectivity index (χ2v) is 4.94. The molecule has 1 heteroatoms. The Kier molecular flexibility index (Phi) is 11.0. The second kappa shape index (κ2) is 11.6. The average Bonchev–Trinajstić information content (AvgIpc) is 2.27. The highest BCUT2D eigenvalue weighted by atomic mass is 16.1. The molecule has 98 valence electrons. The normalized spacial score (nSPS) is 10.8. The van der Waals surface area contributed by atoms with Crippen molar-refractivity contribution in [1.29, 1.82) is 0 Å².